The van der Waals surface area contributed by atoms with Crippen molar-refractivity contribution < 1.29 is 22.7 Å². The maximum absolute atomic E-state index is 12.6. The largest absolute Gasteiger partial charge is 0.447 e. The van der Waals surface area contributed by atoms with Crippen molar-refractivity contribution in [2.24, 2.45) is 5.92 Å². The third kappa shape index (κ3) is 4.82. The van der Waals surface area contributed by atoms with Crippen LogP contribution in [0, 0.1) is 5.92 Å². The van der Waals surface area contributed by atoms with Crippen LogP contribution < -0.4 is 5.32 Å². The average molecular weight is 380 g/mol. The maximum atomic E-state index is 12.6. The topological polar surface area (TPSA) is 92.8 Å². The number of nitrogens with zero attached hydrogens (tertiary/aromatic N) is 1. The van der Waals surface area contributed by atoms with E-state index in [4.69, 9.17) is 4.74 Å². The Labute approximate surface area is 153 Å². The van der Waals surface area contributed by atoms with Gasteiger partial charge in [0.25, 0.3) is 5.91 Å². The first-order valence-electron chi connectivity index (χ1n) is 8.85. The molecule has 1 unspecified atom stereocenters. The maximum Gasteiger partial charge on any atom is 0.310 e. The molecule has 0 aromatic heterocycles. The minimum atomic E-state index is -3.24. The monoisotopic (exact) mass is 380 g/mol. The van der Waals surface area contributed by atoms with Gasteiger partial charge in [-0.25, -0.2) is 12.7 Å². The Balaban J connectivity index is 1.65. The highest BCUT2D eigenvalue weighted by molar-refractivity contribution is 7.88. The number of hydrogen-bond acceptors (Lipinski definition) is 5. The molecule has 1 aliphatic heterocycles. The van der Waals surface area contributed by atoms with Crippen LogP contribution in [0.2, 0.25) is 0 Å². The summed E-state index contributed by atoms with van der Waals surface area (Å²) in [6.07, 6.45) is 2.89. The number of nitrogens with one attached hydrogen (secondary N) is 1. The van der Waals surface area contributed by atoms with Crippen molar-refractivity contribution in [1.29, 1.82) is 0 Å². The SMILES string of the molecule is CS(=O)(=O)N1CCC(C(=O)OC(C(=O)NC2CC2)c2ccccc2)CC1. The van der Waals surface area contributed by atoms with Crippen LogP contribution in [0.5, 0.6) is 0 Å². The molecule has 0 bridgehead atoms. The number of amides is 1. The third-order valence-corrected chi connectivity index (χ3v) is 6.06. The minimum Gasteiger partial charge on any atom is -0.447 e. The van der Waals surface area contributed by atoms with E-state index in [1.807, 2.05) is 6.07 Å². The molecule has 1 saturated carbocycles. The number of carbonyl (C=O) groups excluding carboxylic acids is 2. The molecule has 0 spiro atoms. The van der Waals surface area contributed by atoms with E-state index in [2.05, 4.69) is 5.32 Å². The second kappa shape index (κ2) is 7.75. The molecule has 1 amide bonds. The van der Waals surface area contributed by atoms with Gasteiger partial charge in [0.05, 0.1) is 12.2 Å². The second-order valence-electron chi connectivity index (χ2n) is 6.95. The van der Waals surface area contributed by atoms with Gasteiger partial charge in [-0.15, -0.1) is 0 Å². The van der Waals surface area contributed by atoms with Gasteiger partial charge in [-0.05, 0) is 25.7 Å². The van der Waals surface area contributed by atoms with Crippen LogP contribution in [0.1, 0.15) is 37.4 Å². The van der Waals surface area contributed by atoms with Crippen LogP contribution in [-0.2, 0) is 24.3 Å². The highest BCUT2D eigenvalue weighted by Gasteiger charge is 2.35. The number of ether oxygens (including phenoxy) is 1. The van der Waals surface area contributed by atoms with E-state index in [1.54, 1.807) is 24.3 Å². The Morgan fingerprint density at radius 1 is 1.12 bits per heavy atom. The van der Waals surface area contributed by atoms with Crippen molar-refractivity contribution >= 4 is 21.9 Å². The summed E-state index contributed by atoms with van der Waals surface area (Å²) < 4.78 is 30.1. The molecule has 1 aromatic carbocycles. The Kier molecular flexibility index (Phi) is 5.62. The van der Waals surface area contributed by atoms with Gasteiger partial charge in [0, 0.05) is 24.7 Å². The summed E-state index contributed by atoms with van der Waals surface area (Å²) in [6.45, 7) is 0.589. The number of piperidine rings is 1. The smallest absolute Gasteiger partial charge is 0.310 e. The van der Waals surface area contributed by atoms with Crippen LogP contribution in [0.25, 0.3) is 0 Å². The lowest BCUT2D eigenvalue weighted by atomic mass is 9.98. The summed E-state index contributed by atoms with van der Waals surface area (Å²) in [7, 11) is -3.24. The number of hydrogen-bond donors (Lipinski definition) is 1. The zero-order valence-electron chi connectivity index (χ0n) is 14.8. The van der Waals surface area contributed by atoms with Gasteiger partial charge >= 0.3 is 5.97 Å². The molecule has 1 aromatic rings. The molecular formula is C18H24N2O5S. The lowest BCUT2D eigenvalue weighted by Crippen LogP contribution is -2.41. The van der Waals surface area contributed by atoms with Gasteiger partial charge in [-0.1, -0.05) is 30.3 Å². The average Bonchev–Trinajstić information content (AvgIpc) is 3.43. The predicted octanol–water partition coefficient (Wildman–Crippen LogP) is 1.22. The number of benzene rings is 1. The van der Waals surface area contributed by atoms with Crippen molar-refractivity contribution in [3.8, 4) is 0 Å². The third-order valence-electron chi connectivity index (χ3n) is 4.75. The first-order valence-corrected chi connectivity index (χ1v) is 10.7. The highest BCUT2D eigenvalue weighted by atomic mass is 32.2. The zero-order chi connectivity index (χ0) is 18.7. The molecule has 1 N–H and O–H groups in total. The Morgan fingerprint density at radius 3 is 2.27 bits per heavy atom. The fraction of sp³-hybridized carbons (Fsp3) is 0.556. The van der Waals surface area contributed by atoms with Gasteiger partial charge in [-0.3, -0.25) is 9.59 Å². The molecule has 7 nitrogen and oxygen atoms in total. The molecule has 1 aliphatic carbocycles. The molecule has 0 radical (unpaired) electrons. The van der Waals surface area contributed by atoms with Gasteiger partial charge < -0.3 is 10.1 Å². The summed E-state index contributed by atoms with van der Waals surface area (Å²) in [5.41, 5.74) is 0.632. The molecular weight excluding hydrogens is 356 g/mol. The number of rotatable bonds is 6. The zero-order valence-corrected chi connectivity index (χ0v) is 15.6. The molecule has 2 aliphatic rings. The number of sulfonamides is 1. The predicted molar refractivity (Wildman–Crippen MR) is 95.6 cm³/mol. The van der Waals surface area contributed by atoms with E-state index in [-0.39, 0.29) is 11.9 Å². The molecule has 8 heteroatoms. The number of esters is 1. The van der Waals surface area contributed by atoms with Crippen molar-refractivity contribution in [3.05, 3.63) is 35.9 Å². The summed E-state index contributed by atoms with van der Waals surface area (Å²) >= 11 is 0. The lowest BCUT2D eigenvalue weighted by Gasteiger charge is -2.30. The summed E-state index contributed by atoms with van der Waals surface area (Å²) in [6, 6.07) is 9.12. The lowest BCUT2D eigenvalue weighted by molar-refractivity contribution is -0.161. The quantitative estimate of drug-likeness (QED) is 0.749. The van der Waals surface area contributed by atoms with E-state index in [0.29, 0.717) is 31.5 Å². The molecule has 1 saturated heterocycles. The molecule has 1 heterocycles. The Morgan fingerprint density at radius 2 is 1.73 bits per heavy atom. The molecule has 1 atom stereocenters. The molecule has 2 fully saturated rings. The van der Waals surface area contributed by atoms with Crippen LogP contribution in [0.4, 0.5) is 0 Å². The van der Waals surface area contributed by atoms with Gasteiger partial charge in [0.2, 0.25) is 16.1 Å². The van der Waals surface area contributed by atoms with Crippen molar-refractivity contribution in [2.75, 3.05) is 19.3 Å². The van der Waals surface area contributed by atoms with E-state index >= 15 is 0 Å². The van der Waals surface area contributed by atoms with Crippen molar-refractivity contribution in [2.45, 2.75) is 37.8 Å². The van der Waals surface area contributed by atoms with Crippen LogP contribution in [0.15, 0.2) is 30.3 Å². The van der Waals surface area contributed by atoms with E-state index in [0.717, 1.165) is 12.8 Å². The Hall–Kier alpha value is -1.93. The van der Waals surface area contributed by atoms with Gasteiger partial charge in [-0.2, -0.15) is 0 Å². The Bertz CT molecular complexity index is 753. The van der Waals surface area contributed by atoms with Crippen molar-refractivity contribution in [1.82, 2.24) is 9.62 Å². The van der Waals surface area contributed by atoms with E-state index in [9.17, 15) is 18.0 Å². The first-order chi connectivity index (χ1) is 12.3. The minimum absolute atomic E-state index is 0.172. The normalized spacial score (nSPS) is 20.3. The van der Waals surface area contributed by atoms with Crippen LogP contribution in [-0.4, -0.2) is 50.0 Å². The standard InChI is InChI=1S/C18H24N2O5S/c1-26(23,24)20-11-9-14(10-12-20)18(22)25-16(13-5-3-2-4-6-13)17(21)19-15-7-8-15/h2-6,14-16H,7-12H2,1H3,(H,19,21). The van der Waals surface area contributed by atoms with Crippen LogP contribution in [0.3, 0.4) is 0 Å². The van der Waals surface area contributed by atoms with Crippen molar-refractivity contribution in [3.63, 3.8) is 0 Å². The molecule has 3 rings (SSSR count). The first kappa shape index (κ1) is 18.8. The summed E-state index contributed by atoms with van der Waals surface area (Å²) in [5, 5.41) is 2.88. The fourth-order valence-corrected chi connectivity index (χ4v) is 3.91. The van der Waals surface area contributed by atoms with E-state index < -0.39 is 28.0 Å². The van der Waals surface area contributed by atoms with Gasteiger partial charge in [0.15, 0.2) is 0 Å². The second-order valence-corrected chi connectivity index (χ2v) is 8.93. The highest BCUT2D eigenvalue weighted by Crippen LogP contribution is 2.26. The fourth-order valence-electron chi connectivity index (χ4n) is 3.04. The van der Waals surface area contributed by atoms with Gasteiger partial charge in [0.1, 0.15) is 0 Å². The van der Waals surface area contributed by atoms with E-state index in [1.165, 1.54) is 10.6 Å². The summed E-state index contributed by atoms with van der Waals surface area (Å²) in [5.74, 6) is -1.15. The summed E-state index contributed by atoms with van der Waals surface area (Å²) in [4.78, 5) is 25.1. The van der Waals surface area contributed by atoms with Crippen LogP contribution >= 0.6 is 0 Å². The molecule has 26 heavy (non-hydrogen) atoms. The number of carbonyl (C=O) groups is 2. The molecule has 142 valence electrons.